The summed E-state index contributed by atoms with van der Waals surface area (Å²) in [5.41, 5.74) is 1.59. The van der Waals surface area contributed by atoms with Gasteiger partial charge in [0.05, 0.1) is 12.7 Å². The Morgan fingerprint density at radius 1 is 1.17 bits per heavy atom. The Balaban J connectivity index is 1.68. The average Bonchev–Trinajstić information content (AvgIpc) is 3.49. The molecule has 1 heterocycles. The summed E-state index contributed by atoms with van der Waals surface area (Å²) in [6.07, 6.45) is 0.729. The lowest BCUT2D eigenvalue weighted by atomic mass is 10.1. The number of amides is 2. The van der Waals surface area contributed by atoms with E-state index in [1.165, 1.54) is 25.4 Å². The van der Waals surface area contributed by atoms with Gasteiger partial charge in [-0.1, -0.05) is 6.07 Å². The number of carbonyl (C=O) groups excluding carboxylic acids is 3. The van der Waals surface area contributed by atoms with Crippen LogP contribution in [0.4, 0.5) is 10.7 Å². The normalized spacial score (nSPS) is 14.1. The fourth-order valence-electron chi connectivity index (χ4n) is 2.74. The molecule has 7 nitrogen and oxygen atoms in total. The Bertz CT molecular complexity index is 949. The Labute approximate surface area is 173 Å². The SMILES string of the molecule is COc1cccc(NC(=O)[C@@H](C)OC(=O)c2c(NC(=O)C3CC3)sc(C)c2C)c1. The maximum absolute atomic E-state index is 12.8. The van der Waals surface area contributed by atoms with Crippen LogP contribution >= 0.6 is 11.3 Å². The quantitative estimate of drug-likeness (QED) is 0.668. The van der Waals surface area contributed by atoms with Crippen LogP contribution in [0.5, 0.6) is 5.75 Å². The van der Waals surface area contributed by atoms with Crippen molar-refractivity contribution in [2.45, 2.75) is 39.7 Å². The summed E-state index contributed by atoms with van der Waals surface area (Å²) in [5, 5.41) is 6.01. The first-order valence-corrected chi connectivity index (χ1v) is 10.2. The van der Waals surface area contributed by atoms with Crippen LogP contribution in [0.15, 0.2) is 24.3 Å². The van der Waals surface area contributed by atoms with Crippen LogP contribution in [0.3, 0.4) is 0 Å². The minimum absolute atomic E-state index is 0.0224. The molecule has 2 amide bonds. The summed E-state index contributed by atoms with van der Waals surface area (Å²) < 4.78 is 10.5. The molecule has 2 aromatic rings. The monoisotopic (exact) mass is 416 g/mol. The molecule has 1 atom stereocenters. The van der Waals surface area contributed by atoms with E-state index in [0.29, 0.717) is 22.0 Å². The minimum Gasteiger partial charge on any atom is -0.497 e. The van der Waals surface area contributed by atoms with E-state index in [1.807, 2.05) is 6.92 Å². The summed E-state index contributed by atoms with van der Waals surface area (Å²) in [7, 11) is 1.54. The predicted octanol–water partition coefficient (Wildman–Crippen LogP) is 3.91. The third-order valence-corrected chi connectivity index (χ3v) is 5.89. The molecule has 2 N–H and O–H groups in total. The predicted molar refractivity (Wildman–Crippen MR) is 112 cm³/mol. The second kappa shape index (κ2) is 8.65. The van der Waals surface area contributed by atoms with Gasteiger partial charge in [-0.2, -0.15) is 0 Å². The van der Waals surface area contributed by atoms with Gasteiger partial charge < -0.3 is 20.1 Å². The molecular weight excluding hydrogens is 392 g/mol. The highest BCUT2D eigenvalue weighted by Gasteiger charge is 2.32. The van der Waals surface area contributed by atoms with Gasteiger partial charge in [0, 0.05) is 22.5 Å². The molecule has 0 bridgehead atoms. The summed E-state index contributed by atoms with van der Waals surface area (Å²) in [4.78, 5) is 38.2. The van der Waals surface area contributed by atoms with Crippen molar-refractivity contribution < 1.29 is 23.9 Å². The zero-order valence-electron chi connectivity index (χ0n) is 16.8. The van der Waals surface area contributed by atoms with E-state index in [1.54, 1.807) is 31.2 Å². The van der Waals surface area contributed by atoms with Crippen molar-refractivity contribution in [2.24, 2.45) is 5.92 Å². The van der Waals surface area contributed by atoms with Crippen LogP contribution in [0.2, 0.25) is 0 Å². The van der Waals surface area contributed by atoms with Gasteiger partial charge >= 0.3 is 5.97 Å². The van der Waals surface area contributed by atoms with Crippen molar-refractivity contribution >= 4 is 39.8 Å². The van der Waals surface area contributed by atoms with E-state index < -0.39 is 18.0 Å². The number of hydrogen-bond acceptors (Lipinski definition) is 6. The molecule has 1 aliphatic carbocycles. The van der Waals surface area contributed by atoms with Crippen molar-refractivity contribution in [2.75, 3.05) is 17.7 Å². The summed E-state index contributed by atoms with van der Waals surface area (Å²) in [6.45, 7) is 5.18. The Kier molecular flexibility index (Phi) is 6.22. The van der Waals surface area contributed by atoms with Gasteiger partial charge in [0.1, 0.15) is 10.8 Å². The van der Waals surface area contributed by atoms with Gasteiger partial charge in [-0.3, -0.25) is 9.59 Å². The molecule has 154 valence electrons. The highest BCUT2D eigenvalue weighted by Crippen LogP contribution is 2.36. The van der Waals surface area contributed by atoms with Crippen molar-refractivity contribution in [1.82, 2.24) is 0 Å². The topological polar surface area (TPSA) is 93.7 Å². The Morgan fingerprint density at radius 2 is 1.90 bits per heavy atom. The van der Waals surface area contributed by atoms with Crippen LogP contribution < -0.4 is 15.4 Å². The number of thiophene rings is 1. The summed E-state index contributed by atoms with van der Waals surface area (Å²) >= 11 is 1.34. The molecule has 0 saturated heterocycles. The molecule has 1 saturated carbocycles. The number of anilines is 2. The van der Waals surface area contributed by atoms with Gasteiger partial charge in [0.2, 0.25) is 5.91 Å². The number of carbonyl (C=O) groups is 3. The molecule has 1 aliphatic rings. The van der Waals surface area contributed by atoms with Gasteiger partial charge in [-0.05, 0) is 51.3 Å². The fraction of sp³-hybridized carbons (Fsp3) is 0.381. The molecule has 29 heavy (non-hydrogen) atoms. The van der Waals surface area contributed by atoms with Crippen LogP contribution in [0, 0.1) is 19.8 Å². The van der Waals surface area contributed by atoms with Gasteiger partial charge in [-0.15, -0.1) is 11.3 Å². The summed E-state index contributed by atoms with van der Waals surface area (Å²) in [6, 6.07) is 6.90. The second-order valence-corrected chi connectivity index (χ2v) is 8.24. The van der Waals surface area contributed by atoms with E-state index in [0.717, 1.165) is 23.3 Å². The maximum Gasteiger partial charge on any atom is 0.342 e. The highest BCUT2D eigenvalue weighted by molar-refractivity contribution is 7.16. The first kappa shape index (κ1) is 20.9. The number of methoxy groups -OCH3 is 1. The molecule has 0 spiro atoms. The number of nitrogens with one attached hydrogen (secondary N) is 2. The van der Waals surface area contributed by atoms with Gasteiger partial charge in [0.15, 0.2) is 6.10 Å². The minimum atomic E-state index is -1.01. The van der Waals surface area contributed by atoms with E-state index in [9.17, 15) is 14.4 Å². The number of ether oxygens (including phenoxy) is 2. The van der Waals surface area contributed by atoms with Crippen molar-refractivity contribution in [3.05, 3.63) is 40.3 Å². The summed E-state index contributed by atoms with van der Waals surface area (Å²) in [5.74, 6) is -0.544. The molecule has 0 radical (unpaired) electrons. The third-order valence-electron chi connectivity index (χ3n) is 4.76. The van der Waals surface area contributed by atoms with Crippen molar-refractivity contribution in [3.63, 3.8) is 0 Å². The van der Waals surface area contributed by atoms with Crippen LogP contribution in [0.1, 0.15) is 40.6 Å². The molecule has 1 aromatic carbocycles. The molecule has 0 unspecified atom stereocenters. The third kappa shape index (κ3) is 4.95. The van der Waals surface area contributed by atoms with Crippen LogP contribution in [0.25, 0.3) is 0 Å². The van der Waals surface area contributed by atoms with E-state index in [2.05, 4.69) is 10.6 Å². The van der Waals surface area contributed by atoms with Gasteiger partial charge in [-0.25, -0.2) is 4.79 Å². The molecule has 8 heteroatoms. The van der Waals surface area contributed by atoms with Crippen LogP contribution in [-0.2, 0) is 14.3 Å². The van der Waals surface area contributed by atoms with Gasteiger partial charge in [0.25, 0.3) is 5.91 Å². The molecule has 1 aromatic heterocycles. The molecule has 3 rings (SSSR count). The standard InChI is InChI=1S/C21H24N2O5S/c1-11-13(3)29-20(23-19(25)14-8-9-14)17(11)21(26)28-12(2)18(24)22-15-6-5-7-16(10-15)27-4/h5-7,10,12,14H,8-9H2,1-4H3,(H,22,24)(H,23,25)/t12-/m1/s1. The number of benzene rings is 1. The molecule has 1 fully saturated rings. The van der Waals surface area contributed by atoms with E-state index in [4.69, 9.17) is 9.47 Å². The van der Waals surface area contributed by atoms with E-state index in [-0.39, 0.29) is 11.8 Å². The lowest BCUT2D eigenvalue weighted by Gasteiger charge is -2.15. The Hall–Kier alpha value is -2.87. The number of esters is 1. The molecule has 0 aliphatic heterocycles. The zero-order valence-corrected chi connectivity index (χ0v) is 17.6. The lowest BCUT2D eigenvalue weighted by Crippen LogP contribution is -2.30. The number of hydrogen-bond donors (Lipinski definition) is 2. The fourth-order valence-corrected chi connectivity index (χ4v) is 3.79. The average molecular weight is 416 g/mol. The lowest BCUT2D eigenvalue weighted by molar-refractivity contribution is -0.123. The second-order valence-electron chi connectivity index (χ2n) is 7.02. The largest absolute Gasteiger partial charge is 0.497 e. The van der Waals surface area contributed by atoms with E-state index >= 15 is 0 Å². The Morgan fingerprint density at radius 3 is 2.55 bits per heavy atom. The van der Waals surface area contributed by atoms with Crippen LogP contribution in [-0.4, -0.2) is 31.0 Å². The first-order chi connectivity index (χ1) is 13.8. The molecular formula is C21H24N2O5S. The first-order valence-electron chi connectivity index (χ1n) is 9.37. The maximum atomic E-state index is 12.8. The number of rotatable bonds is 7. The van der Waals surface area contributed by atoms with Crippen molar-refractivity contribution in [1.29, 1.82) is 0 Å². The highest BCUT2D eigenvalue weighted by atomic mass is 32.1. The smallest absolute Gasteiger partial charge is 0.342 e. The zero-order chi connectivity index (χ0) is 21.1. The number of aryl methyl sites for hydroxylation is 1. The van der Waals surface area contributed by atoms with Crippen molar-refractivity contribution in [3.8, 4) is 5.75 Å².